The molecule has 1 heterocycles. The van der Waals surface area contributed by atoms with Crippen LogP contribution in [0.15, 0.2) is 24.3 Å². The Morgan fingerprint density at radius 3 is 2.58 bits per heavy atom. The van der Waals surface area contributed by atoms with E-state index in [2.05, 4.69) is 24.5 Å². The lowest BCUT2D eigenvalue weighted by Crippen LogP contribution is -3.17. The molecule has 142 valence electrons. The Kier molecular flexibility index (Phi) is 7.15. The fourth-order valence-electron chi connectivity index (χ4n) is 3.13. The van der Waals surface area contributed by atoms with Crippen molar-refractivity contribution in [3.63, 3.8) is 0 Å². The topological polar surface area (TPSA) is 88.9 Å². The van der Waals surface area contributed by atoms with Crippen molar-refractivity contribution < 1.29 is 24.0 Å². The Morgan fingerprint density at radius 2 is 1.92 bits per heavy atom. The van der Waals surface area contributed by atoms with E-state index in [1.807, 2.05) is 24.3 Å². The highest BCUT2D eigenvalue weighted by molar-refractivity contribution is 5.94. The number of rotatable bonds is 6. The first kappa shape index (κ1) is 19.9. The van der Waals surface area contributed by atoms with E-state index in [4.69, 9.17) is 4.74 Å². The van der Waals surface area contributed by atoms with Crippen LogP contribution in [-0.4, -0.2) is 44.1 Å². The van der Waals surface area contributed by atoms with E-state index in [0.29, 0.717) is 25.4 Å². The summed E-state index contributed by atoms with van der Waals surface area (Å²) in [5, 5.41) is 5.01. The quantitative estimate of drug-likeness (QED) is 0.624. The molecule has 3 N–H and O–H groups in total. The average Bonchev–Trinajstić information content (AvgIpc) is 2.60. The van der Waals surface area contributed by atoms with Crippen molar-refractivity contribution in [3.8, 4) is 0 Å². The van der Waals surface area contributed by atoms with Gasteiger partial charge < -0.3 is 15.0 Å². The molecule has 0 bridgehead atoms. The summed E-state index contributed by atoms with van der Waals surface area (Å²) in [6.07, 6.45) is 1.37. The number of urea groups is 1. The number of methoxy groups -OCH3 is 1. The van der Waals surface area contributed by atoms with E-state index < -0.39 is 18.0 Å². The number of fused-ring (bicyclic) bond motifs is 1. The van der Waals surface area contributed by atoms with Crippen LogP contribution < -0.4 is 15.5 Å². The zero-order chi connectivity index (χ0) is 19.1. The molecule has 2 rings (SSSR count). The predicted molar refractivity (Wildman–Crippen MR) is 96.5 cm³/mol. The number of quaternary nitrogens is 1. The van der Waals surface area contributed by atoms with Gasteiger partial charge in [0.05, 0.1) is 7.11 Å². The normalized spacial score (nSPS) is 18.8. The van der Waals surface area contributed by atoms with Crippen LogP contribution in [0.1, 0.15) is 31.4 Å². The van der Waals surface area contributed by atoms with Crippen molar-refractivity contribution in [2.45, 2.75) is 39.3 Å². The summed E-state index contributed by atoms with van der Waals surface area (Å²) in [6, 6.07) is 6.92. The summed E-state index contributed by atoms with van der Waals surface area (Å²) in [4.78, 5) is 37.0. The molecule has 0 saturated heterocycles. The van der Waals surface area contributed by atoms with Gasteiger partial charge in [-0.15, -0.1) is 0 Å². The molecule has 1 aromatic rings. The molecule has 0 radical (unpaired) electrons. The number of hydrogen-bond donors (Lipinski definition) is 3. The second-order valence-corrected chi connectivity index (χ2v) is 7.05. The Balaban J connectivity index is 1.95. The summed E-state index contributed by atoms with van der Waals surface area (Å²) >= 11 is 0. The number of benzene rings is 1. The van der Waals surface area contributed by atoms with E-state index in [1.54, 1.807) is 0 Å². The number of imide groups is 1. The molecule has 3 amide bonds. The van der Waals surface area contributed by atoms with Crippen LogP contribution in [0.3, 0.4) is 0 Å². The Bertz CT molecular complexity index is 660. The lowest BCUT2D eigenvalue weighted by molar-refractivity contribution is -0.924. The largest absolute Gasteiger partial charge is 0.465 e. The molecular weight excluding hydrogens is 334 g/mol. The van der Waals surface area contributed by atoms with Crippen molar-refractivity contribution >= 4 is 17.9 Å². The van der Waals surface area contributed by atoms with Gasteiger partial charge in [-0.05, 0) is 17.9 Å². The molecule has 0 saturated carbocycles. The third-order valence-electron chi connectivity index (χ3n) is 4.59. The number of carbonyl (C=O) groups is 3. The summed E-state index contributed by atoms with van der Waals surface area (Å²) in [7, 11) is 1.35. The summed E-state index contributed by atoms with van der Waals surface area (Å²) in [5.74, 6) is -0.274. The van der Waals surface area contributed by atoms with E-state index in [-0.39, 0.29) is 12.5 Å². The molecule has 0 fully saturated rings. The van der Waals surface area contributed by atoms with Gasteiger partial charge in [-0.2, -0.15) is 0 Å². The van der Waals surface area contributed by atoms with Gasteiger partial charge in [-0.1, -0.05) is 38.1 Å². The zero-order valence-electron chi connectivity index (χ0n) is 15.6. The van der Waals surface area contributed by atoms with Gasteiger partial charge in [0.25, 0.3) is 5.91 Å². The Morgan fingerprint density at radius 1 is 1.23 bits per heavy atom. The molecule has 1 aromatic carbocycles. The molecule has 0 spiro atoms. The van der Waals surface area contributed by atoms with E-state index in [0.717, 1.165) is 22.4 Å². The second kappa shape index (κ2) is 9.33. The van der Waals surface area contributed by atoms with Gasteiger partial charge in [0.1, 0.15) is 6.54 Å². The Labute approximate surface area is 154 Å². The molecule has 1 aliphatic rings. The minimum Gasteiger partial charge on any atom is -0.465 e. The maximum absolute atomic E-state index is 12.2. The zero-order valence-corrected chi connectivity index (χ0v) is 15.6. The number of amides is 3. The van der Waals surface area contributed by atoms with Crippen LogP contribution in [0.2, 0.25) is 0 Å². The maximum Gasteiger partial charge on any atom is 0.365 e. The highest BCUT2D eigenvalue weighted by Gasteiger charge is 2.37. The molecule has 1 aliphatic heterocycles. The van der Waals surface area contributed by atoms with Crippen molar-refractivity contribution in [3.05, 3.63) is 35.4 Å². The van der Waals surface area contributed by atoms with Crippen molar-refractivity contribution in [2.24, 2.45) is 5.92 Å². The minimum atomic E-state index is -0.498. The number of hydrogen-bond acceptors (Lipinski definition) is 4. The van der Waals surface area contributed by atoms with Crippen molar-refractivity contribution in [1.29, 1.82) is 0 Å². The fourth-order valence-corrected chi connectivity index (χ4v) is 3.13. The smallest absolute Gasteiger partial charge is 0.365 e. The maximum atomic E-state index is 12.2. The first-order valence-corrected chi connectivity index (χ1v) is 8.97. The fraction of sp³-hybridized carbons (Fsp3) is 0.526. The van der Waals surface area contributed by atoms with E-state index in [9.17, 15) is 14.4 Å². The molecule has 1 unspecified atom stereocenters. The first-order valence-electron chi connectivity index (χ1n) is 8.97. The van der Waals surface area contributed by atoms with Gasteiger partial charge in [0.15, 0.2) is 12.6 Å². The summed E-state index contributed by atoms with van der Waals surface area (Å²) in [6.45, 7) is 5.22. The molecule has 7 heteroatoms. The van der Waals surface area contributed by atoms with Crippen LogP contribution in [0.4, 0.5) is 4.79 Å². The SMILES string of the molecule is COC(=O)[C@H]1Cc2ccccc2C[NH+]1CC(=O)NC(=O)NCCC(C)C. The molecule has 7 nitrogen and oxygen atoms in total. The number of ether oxygens (including phenoxy) is 1. The van der Waals surface area contributed by atoms with Crippen LogP contribution in [0.5, 0.6) is 0 Å². The number of esters is 1. The van der Waals surface area contributed by atoms with Crippen LogP contribution in [-0.2, 0) is 27.3 Å². The third-order valence-corrected chi connectivity index (χ3v) is 4.59. The third kappa shape index (κ3) is 5.56. The molecular formula is C19H28N3O4+. The minimum absolute atomic E-state index is 0.0334. The van der Waals surface area contributed by atoms with Gasteiger partial charge in [-0.25, -0.2) is 9.59 Å². The lowest BCUT2D eigenvalue weighted by Gasteiger charge is -2.31. The van der Waals surface area contributed by atoms with Gasteiger partial charge in [0.2, 0.25) is 0 Å². The lowest BCUT2D eigenvalue weighted by atomic mass is 9.94. The van der Waals surface area contributed by atoms with Gasteiger partial charge >= 0.3 is 12.0 Å². The standard InChI is InChI=1S/C19H27N3O4/c1-13(2)8-9-20-19(25)21-17(23)12-22-11-15-7-5-4-6-14(15)10-16(22)18(24)26-3/h4-7,13,16H,8-12H2,1-3H3,(H2,20,21,23,25)/p+1/t16-/m1/s1. The van der Waals surface area contributed by atoms with Crippen LogP contribution >= 0.6 is 0 Å². The molecule has 2 atom stereocenters. The molecule has 0 aliphatic carbocycles. The first-order chi connectivity index (χ1) is 12.4. The van der Waals surface area contributed by atoms with Crippen LogP contribution in [0.25, 0.3) is 0 Å². The molecule has 26 heavy (non-hydrogen) atoms. The van der Waals surface area contributed by atoms with Crippen LogP contribution in [0, 0.1) is 5.92 Å². The monoisotopic (exact) mass is 362 g/mol. The molecule has 0 aromatic heterocycles. The predicted octanol–water partition coefficient (Wildman–Crippen LogP) is 0.0411. The van der Waals surface area contributed by atoms with Crippen molar-refractivity contribution in [1.82, 2.24) is 10.6 Å². The van der Waals surface area contributed by atoms with Gasteiger partial charge in [0, 0.05) is 18.5 Å². The summed E-state index contributed by atoms with van der Waals surface area (Å²) < 4.78 is 4.90. The average molecular weight is 362 g/mol. The highest BCUT2D eigenvalue weighted by atomic mass is 16.5. The van der Waals surface area contributed by atoms with E-state index >= 15 is 0 Å². The van der Waals surface area contributed by atoms with Gasteiger partial charge in [-0.3, -0.25) is 10.1 Å². The highest BCUT2D eigenvalue weighted by Crippen LogP contribution is 2.14. The second-order valence-electron chi connectivity index (χ2n) is 7.05. The van der Waals surface area contributed by atoms with Crippen molar-refractivity contribution in [2.75, 3.05) is 20.2 Å². The summed E-state index contributed by atoms with van der Waals surface area (Å²) in [5.41, 5.74) is 2.20. The van der Waals surface area contributed by atoms with E-state index in [1.165, 1.54) is 7.11 Å². The number of nitrogens with one attached hydrogen (secondary N) is 3. The Hall–Kier alpha value is -2.41. The number of carbonyl (C=O) groups excluding carboxylic acids is 3.